The zero-order valence-corrected chi connectivity index (χ0v) is 15.4. The van der Waals surface area contributed by atoms with Gasteiger partial charge in [0.2, 0.25) is 0 Å². The summed E-state index contributed by atoms with van der Waals surface area (Å²) in [6.45, 7) is 0.292. The highest BCUT2D eigenvalue weighted by molar-refractivity contribution is 7.80. The average Bonchev–Trinajstić information content (AvgIpc) is 3.12. The van der Waals surface area contributed by atoms with Gasteiger partial charge in [-0.3, -0.25) is 4.79 Å². The molecule has 1 fully saturated rings. The van der Waals surface area contributed by atoms with E-state index in [1.807, 2.05) is 12.1 Å². The number of alkyl halides is 2. The van der Waals surface area contributed by atoms with Crippen molar-refractivity contribution in [1.82, 2.24) is 4.90 Å². The number of aldehydes is 1. The fraction of sp³-hybridized carbons (Fsp3) is 0.294. The van der Waals surface area contributed by atoms with Crippen molar-refractivity contribution in [2.45, 2.75) is 6.61 Å². The molecule has 2 aromatic rings. The van der Waals surface area contributed by atoms with E-state index in [4.69, 9.17) is 12.2 Å². The summed E-state index contributed by atoms with van der Waals surface area (Å²) in [5.41, 5.74) is 0.716. The first-order valence-corrected chi connectivity index (χ1v) is 9.18. The van der Waals surface area contributed by atoms with E-state index < -0.39 is 6.61 Å². The predicted octanol–water partition coefficient (Wildman–Crippen LogP) is 3.68. The molecule has 1 saturated heterocycles. The number of piperazine rings is 1. The van der Waals surface area contributed by atoms with E-state index in [9.17, 15) is 13.6 Å². The monoisotopic (exact) mass is 397 g/mol. The normalized spacial score (nSPS) is 14.4. The molecule has 1 N–H and O–H groups in total. The van der Waals surface area contributed by atoms with E-state index in [1.54, 1.807) is 12.1 Å². The summed E-state index contributed by atoms with van der Waals surface area (Å²) in [6.07, 6.45) is 0.862. The van der Waals surface area contributed by atoms with Gasteiger partial charge in [0.25, 0.3) is 0 Å². The Kier molecular flexibility index (Phi) is 6.00. The lowest BCUT2D eigenvalue weighted by atomic mass is 10.3. The van der Waals surface area contributed by atoms with Crippen LogP contribution in [-0.4, -0.2) is 49.1 Å². The van der Waals surface area contributed by atoms with Crippen LogP contribution in [-0.2, 0) is 0 Å². The summed E-state index contributed by atoms with van der Waals surface area (Å²) in [4.78, 5) is 15.8. The van der Waals surface area contributed by atoms with Crippen LogP contribution >= 0.6 is 23.6 Å². The number of benzene rings is 1. The quantitative estimate of drug-likeness (QED) is 0.613. The first kappa shape index (κ1) is 18.5. The van der Waals surface area contributed by atoms with E-state index in [2.05, 4.69) is 19.9 Å². The molecule has 2 heterocycles. The van der Waals surface area contributed by atoms with Crippen LogP contribution in [0.1, 0.15) is 9.67 Å². The van der Waals surface area contributed by atoms with Crippen molar-refractivity contribution in [2.24, 2.45) is 0 Å². The van der Waals surface area contributed by atoms with Crippen LogP contribution in [0, 0.1) is 0 Å². The fourth-order valence-electron chi connectivity index (χ4n) is 2.63. The number of carbonyl (C=O) groups excluding carboxylic acids is 1. The molecule has 0 amide bonds. The molecule has 138 valence electrons. The van der Waals surface area contributed by atoms with Crippen LogP contribution in [0.2, 0.25) is 0 Å². The number of thiocarbonyl (C=S) groups is 1. The van der Waals surface area contributed by atoms with Crippen LogP contribution < -0.4 is 15.0 Å². The van der Waals surface area contributed by atoms with E-state index >= 15 is 0 Å². The standard InChI is InChI=1S/C17H17F2N3O2S2/c18-16(19)24-13-3-1-12(2-4-13)20-17(25)22-9-7-21(8-10-22)15-6-5-14(11-23)26-15/h1-6,11,16H,7-10H2,(H,20,25). The second-order valence-corrected chi connectivity index (χ2v) is 7.08. The lowest BCUT2D eigenvalue weighted by Gasteiger charge is -2.36. The molecule has 1 aliphatic heterocycles. The van der Waals surface area contributed by atoms with Gasteiger partial charge in [-0.1, -0.05) is 0 Å². The van der Waals surface area contributed by atoms with Gasteiger partial charge in [0.05, 0.1) is 9.88 Å². The van der Waals surface area contributed by atoms with Gasteiger partial charge in [-0.05, 0) is 48.6 Å². The minimum Gasteiger partial charge on any atom is -0.435 e. The average molecular weight is 397 g/mol. The fourth-order valence-corrected chi connectivity index (χ4v) is 3.80. The second-order valence-electron chi connectivity index (χ2n) is 5.60. The van der Waals surface area contributed by atoms with Crippen molar-refractivity contribution in [3.05, 3.63) is 41.3 Å². The molecule has 0 radical (unpaired) electrons. The molecule has 0 saturated carbocycles. The van der Waals surface area contributed by atoms with Gasteiger partial charge < -0.3 is 19.9 Å². The second kappa shape index (κ2) is 8.41. The minimum atomic E-state index is -2.84. The van der Waals surface area contributed by atoms with Gasteiger partial charge in [-0.25, -0.2) is 0 Å². The molecular formula is C17H17F2N3O2S2. The van der Waals surface area contributed by atoms with Gasteiger partial charge in [-0.2, -0.15) is 8.78 Å². The predicted molar refractivity (Wildman–Crippen MR) is 103 cm³/mol. The molecule has 0 bridgehead atoms. The molecule has 5 nitrogen and oxygen atoms in total. The SMILES string of the molecule is O=Cc1ccc(N2CCN(C(=S)Nc3ccc(OC(F)F)cc3)CC2)s1. The van der Waals surface area contributed by atoms with Crippen LogP contribution in [0.15, 0.2) is 36.4 Å². The number of nitrogens with zero attached hydrogens (tertiary/aromatic N) is 2. The summed E-state index contributed by atoms with van der Waals surface area (Å²) in [5.74, 6) is 0.107. The van der Waals surface area contributed by atoms with Gasteiger partial charge in [0.15, 0.2) is 11.4 Å². The van der Waals surface area contributed by atoms with Crippen molar-refractivity contribution in [3.63, 3.8) is 0 Å². The zero-order chi connectivity index (χ0) is 18.5. The highest BCUT2D eigenvalue weighted by Gasteiger charge is 2.20. The maximum absolute atomic E-state index is 12.2. The molecule has 0 atom stereocenters. The van der Waals surface area contributed by atoms with Crippen LogP contribution in [0.4, 0.5) is 19.5 Å². The summed E-state index contributed by atoms with van der Waals surface area (Å²) in [7, 11) is 0. The van der Waals surface area contributed by atoms with Gasteiger partial charge in [0, 0.05) is 31.9 Å². The maximum atomic E-state index is 12.2. The Bertz CT molecular complexity index is 760. The molecule has 1 aromatic heterocycles. The van der Waals surface area contributed by atoms with Gasteiger partial charge in [-0.15, -0.1) is 11.3 Å². The van der Waals surface area contributed by atoms with Gasteiger partial charge >= 0.3 is 6.61 Å². The summed E-state index contributed by atoms with van der Waals surface area (Å²) >= 11 is 6.92. The Hall–Kier alpha value is -2.26. The number of nitrogens with one attached hydrogen (secondary N) is 1. The van der Waals surface area contributed by atoms with E-state index in [1.165, 1.54) is 23.5 Å². The number of ether oxygens (including phenoxy) is 1. The van der Waals surface area contributed by atoms with E-state index in [0.717, 1.165) is 42.3 Å². The topological polar surface area (TPSA) is 44.8 Å². The molecular weight excluding hydrogens is 380 g/mol. The van der Waals surface area contributed by atoms with Gasteiger partial charge in [0.1, 0.15) is 5.75 Å². The Labute approximate surface area is 159 Å². The van der Waals surface area contributed by atoms with Crippen LogP contribution in [0.3, 0.4) is 0 Å². The van der Waals surface area contributed by atoms with Crippen molar-refractivity contribution in [3.8, 4) is 5.75 Å². The molecule has 0 unspecified atom stereocenters. The Morgan fingerprint density at radius 1 is 1.15 bits per heavy atom. The van der Waals surface area contributed by atoms with Crippen molar-refractivity contribution < 1.29 is 18.3 Å². The number of thiophene rings is 1. The third kappa shape index (κ3) is 4.67. The van der Waals surface area contributed by atoms with Crippen LogP contribution in [0.5, 0.6) is 5.75 Å². The largest absolute Gasteiger partial charge is 0.435 e. The first-order chi connectivity index (χ1) is 12.5. The van der Waals surface area contributed by atoms with E-state index in [0.29, 0.717) is 10.8 Å². The molecule has 1 aromatic carbocycles. The maximum Gasteiger partial charge on any atom is 0.387 e. The Balaban J connectivity index is 1.51. The third-order valence-corrected chi connectivity index (χ3v) is 5.37. The lowest BCUT2D eigenvalue weighted by Crippen LogP contribution is -2.49. The summed E-state index contributed by atoms with van der Waals surface area (Å²) in [5, 5.41) is 4.79. The number of rotatable bonds is 5. The number of halogens is 2. The van der Waals surface area contributed by atoms with Crippen molar-refractivity contribution >= 4 is 45.6 Å². The molecule has 0 aliphatic carbocycles. The molecule has 1 aliphatic rings. The Morgan fingerprint density at radius 2 is 1.85 bits per heavy atom. The summed E-state index contributed by atoms with van der Waals surface area (Å²) < 4.78 is 28.7. The molecule has 9 heteroatoms. The van der Waals surface area contributed by atoms with Crippen molar-refractivity contribution in [2.75, 3.05) is 36.4 Å². The third-order valence-electron chi connectivity index (χ3n) is 3.94. The number of hydrogen-bond donors (Lipinski definition) is 1. The smallest absolute Gasteiger partial charge is 0.387 e. The highest BCUT2D eigenvalue weighted by atomic mass is 32.1. The number of hydrogen-bond acceptors (Lipinski definition) is 5. The molecule has 0 spiro atoms. The van der Waals surface area contributed by atoms with Crippen LogP contribution in [0.25, 0.3) is 0 Å². The number of carbonyl (C=O) groups is 1. The van der Waals surface area contributed by atoms with E-state index in [-0.39, 0.29) is 5.75 Å². The summed E-state index contributed by atoms with van der Waals surface area (Å²) in [6, 6.07) is 10.0. The van der Waals surface area contributed by atoms with Crippen molar-refractivity contribution in [1.29, 1.82) is 0 Å². The Morgan fingerprint density at radius 3 is 2.42 bits per heavy atom. The molecule has 3 rings (SSSR count). The first-order valence-electron chi connectivity index (χ1n) is 7.96. The highest BCUT2D eigenvalue weighted by Crippen LogP contribution is 2.26. The lowest BCUT2D eigenvalue weighted by molar-refractivity contribution is -0.0498. The number of anilines is 2. The minimum absolute atomic E-state index is 0.107. The molecule has 26 heavy (non-hydrogen) atoms. The zero-order valence-electron chi connectivity index (χ0n) is 13.7.